The Morgan fingerprint density at radius 1 is 1.29 bits per heavy atom. The van der Waals surface area contributed by atoms with Gasteiger partial charge < -0.3 is 5.73 Å². The summed E-state index contributed by atoms with van der Waals surface area (Å²) < 4.78 is 13.8. The van der Waals surface area contributed by atoms with Gasteiger partial charge >= 0.3 is 0 Å². The average Bonchev–Trinajstić information content (AvgIpc) is 2.29. The van der Waals surface area contributed by atoms with Crippen molar-refractivity contribution in [3.8, 4) is 11.1 Å². The number of aldehydes is 1. The molecule has 4 heteroatoms. The van der Waals surface area contributed by atoms with Crippen LogP contribution in [0.25, 0.3) is 11.1 Å². The van der Waals surface area contributed by atoms with Gasteiger partial charge in [0, 0.05) is 17.3 Å². The second kappa shape index (κ2) is 4.33. The van der Waals surface area contributed by atoms with Crippen LogP contribution in [0.1, 0.15) is 15.9 Å². The number of rotatable bonds is 2. The summed E-state index contributed by atoms with van der Waals surface area (Å²) in [6, 6.07) is 6.41. The number of halogens is 1. The second-order valence-corrected chi connectivity index (χ2v) is 3.76. The summed E-state index contributed by atoms with van der Waals surface area (Å²) in [4.78, 5) is 14.8. The van der Waals surface area contributed by atoms with E-state index >= 15 is 0 Å². The highest BCUT2D eigenvalue weighted by atomic mass is 19.1. The molecule has 0 unspecified atom stereocenters. The first-order valence-electron chi connectivity index (χ1n) is 5.09. The van der Waals surface area contributed by atoms with E-state index in [2.05, 4.69) is 4.98 Å². The fourth-order valence-corrected chi connectivity index (χ4v) is 1.69. The Morgan fingerprint density at radius 3 is 2.71 bits per heavy atom. The quantitative estimate of drug-likeness (QED) is 0.807. The second-order valence-electron chi connectivity index (χ2n) is 3.76. The average molecular weight is 230 g/mol. The molecule has 3 nitrogen and oxygen atoms in total. The Labute approximate surface area is 98.1 Å². The zero-order valence-electron chi connectivity index (χ0n) is 9.27. The van der Waals surface area contributed by atoms with E-state index < -0.39 is 0 Å². The van der Waals surface area contributed by atoms with E-state index in [0.717, 1.165) is 5.56 Å². The molecule has 1 aromatic heterocycles. The van der Waals surface area contributed by atoms with Gasteiger partial charge in [0.05, 0.1) is 5.56 Å². The van der Waals surface area contributed by atoms with E-state index in [1.54, 1.807) is 25.1 Å². The predicted molar refractivity (Wildman–Crippen MR) is 64.2 cm³/mol. The summed E-state index contributed by atoms with van der Waals surface area (Å²) >= 11 is 0. The van der Waals surface area contributed by atoms with Crippen molar-refractivity contribution >= 4 is 12.1 Å². The van der Waals surface area contributed by atoms with Gasteiger partial charge in [0.15, 0.2) is 6.29 Å². The third-order valence-corrected chi connectivity index (χ3v) is 2.55. The molecule has 86 valence electrons. The topological polar surface area (TPSA) is 56.0 Å². The number of benzene rings is 1. The lowest BCUT2D eigenvalue weighted by molar-refractivity contribution is 0.112. The van der Waals surface area contributed by atoms with Crippen LogP contribution in [0.2, 0.25) is 0 Å². The maximum Gasteiger partial charge on any atom is 0.154 e. The standard InChI is InChI=1S/C13H11FN2O/c1-8-2-3-10(12(14)6-8)9-4-5-16-13(15)11(9)7-17/h2-7H,1H3,(H2,15,16). The molecule has 0 spiro atoms. The van der Waals surface area contributed by atoms with Crippen molar-refractivity contribution < 1.29 is 9.18 Å². The summed E-state index contributed by atoms with van der Waals surface area (Å²) in [5.41, 5.74) is 7.44. The van der Waals surface area contributed by atoms with Crippen LogP contribution in [0.15, 0.2) is 30.5 Å². The van der Waals surface area contributed by atoms with Gasteiger partial charge in [-0.3, -0.25) is 4.79 Å². The number of aryl methyl sites for hydroxylation is 1. The van der Waals surface area contributed by atoms with Crippen molar-refractivity contribution in [2.75, 3.05) is 5.73 Å². The molecule has 0 saturated carbocycles. The lowest BCUT2D eigenvalue weighted by atomic mass is 10.00. The summed E-state index contributed by atoms with van der Waals surface area (Å²) in [6.45, 7) is 1.80. The summed E-state index contributed by atoms with van der Waals surface area (Å²) in [7, 11) is 0. The molecular formula is C13H11FN2O. The van der Waals surface area contributed by atoms with Gasteiger partial charge in [0.2, 0.25) is 0 Å². The Balaban J connectivity index is 2.68. The van der Waals surface area contributed by atoms with Crippen LogP contribution in [-0.2, 0) is 0 Å². The molecule has 0 aliphatic rings. The number of nitrogens with zero attached hydrogens (tertiary/aromatic N) is 1. The lowest BCUT2D eigenvalue weighted by Gasteiger charge is -2.08. The Kier molecular flexibility index (Phi) is 2.87. The minimum Gasteiger partial charge on any atom is -0.383 e. The smallest absolute Gasteiger partial charge is 0.154 e. The van der Waals surface area contributed by atoms with E-state index in [-0.39, 0.29) is 17.2 Å². The van der Waals surface area contributed by atoms with Gasteiger partial charge in [-0.05, 0) is 24.6 Å². The Morgan fingerprint density at radius 2 is 2.06 bits per heavy atom. The molecule has 0 atom stereocenters. The minimum atomic E-state index is -0.376. The van der Waals surface area contributed by atoms with Crippen molar-refractivity contribution in [2.45, 2.75) is 6.92 Å². The third kappa shape index (κ3) is 2.01. The van der Waals surface area contributed by atoms with E-state index in [9.17, 15) is 9.18 Å². The number of aromatic nitrogens is 1. The molecule has 2 rings (SSSR count). The molecule has 2 aromatic rings. The predicted octanol–water partition coefficient (Wildman–Crippen LogP) is 2.59. The van der Waals surface area contributed by atoms with Gasteiger partial charge in [0.25, 0.3) is 0 Å². The first-order valence-corrected chi connectivity index (χ1v) is 5.09. The number of hydrogen-bond acceptors (Lipinski definition) is 3. The Bertz CT molecular complexity index is 582. The van der Waals surface area contributed by atoms with Gasteiger partial charge in [-0.1, -0.05) is 12.1 Å². The molecule has 0 aliphatic carbocycles. The fraction of sp³-hybridized carbons (Fsp3) is 0.0769. The molecule has 17 heavy (non-hydrogen) atoms. The number of hydrogen-bond donors (Lipinski definition) is 1. The van der Waals surface area contributed by atoms with Crippen LogP contribution in [0.4, 0.5) is 10.2 Å². The van der Waals surface area contributed by atoms with Gasteiger partial charge in [0.1, 0.15) is 11.6 Å². The molecule has 0 bridgehead atoms. The minimum absolute atomic E-state index is 0.109. The fourth-order valence-electron chi connectivity index (χ4n) is 1.69. The van der Waals surface area contributed by atoms with E-state index in [4.69, 9.17) is 5.73 Å². The highest BCUT2D eigenvalue weighted by molar-refractivity contribution is 5.92. The molecule has 0 saturated heterocycles. The maximum absolute atomic E-state index is 13.8. The first kappa shape index (κ1) is 11.3. The molecular weight excluding hydrogens is 219 g/mol. The Hall–Kier alpha value is -2.23. The monoisotopic (exact) mass is 230 g/mol. The van der Waals surface area contributed by atoms with Crippen molar-refractivity contribution in [3.05, 3.63) is 47.4 Å². The molecule has 0 aliphatic heterocycles. The van der Waals surface area contributed by atoms with Gasteiger partial charge in [-0.2, -0.15) is 0 Å². The van der Waals surface area contributed by atoms with E-state index in [0.29, 0.717) is 17.4 Å². The lowest BCUT2D eigenvalue weighted by Crippen LogP contribution is -1.99. The molecule has 2 N–H and O–H groups in total. The number of nitrogens with two attached hydrogens (primary N) is 1. The third-order valence-electron chi connectivity index (χ3n) is 2.55. The van der Waals surface area contributed by atoms with Gasteiger partial charge in [-0.25, -0.2) is 9.37 Å². The summed E-state index contributed by atoms with van der Waals surface area (Å²) in [6.07, 6.45) is 2.05. The van der Waals surface area contributed by atoms with Crippen LogP contribution in [-0.4, -0.2) is 11.3 Å². The zero-order valence-corrected chi connectivity index (χ0v) is 9.27. The van der Waals surface area contributed by atoms with Crippen molar-refractivity contribution in [1.29, 1.82) is 0 Å². The highest BCUT2D eigenvalue weighted by Gasteiger charge is 2.12. The maximum atomic E-state index is 13.8. The number of nitrogen functional groups attached to an aromatic ring is 1. The molecule has 0 fully saturated rings. The van der Waals surface area contributed by atoms with E-state index in [1.165, 1.54) is 12.3 Å². The summed E-state index contributed by atoms with van der Waals surface area (Å²) in [5, 5.41) is 0. The normalized spacial score (nSPS) is 10.2. The highest BCUT2D eigenvalue weighted by Crippen LogP contribution is 2.27. The van der Waals surface area contributed by atoms with Crippen molar-refractivity contribution in [1.82, 2.24) is 4.98 Å². The molecule has 1 aromatic carbocycles. The van der Waals surface area contributed by atoms with Crippen LogP contribution in [0.5, 0.6) is 0 Å². The molecule has 0 amide bonds. The van der Waals surface area contributed by atoms with Crippen molar-refractivity contribution in [2.24, 2.45) is 0 Å². The molecule has 1 heterocycles. The van der Waals surface area contributed by atoms with Crippen LogP contribution in [0, 0.1) is 12.7 Å². The first-order chi connectivity index (χ1) is 8.13. The summed E-state index contributed by atoms with van der Waals surface area (Å²) in [5.74, 6) is -0.267. The number of pyridine rings is 1. The largest absolute Gasteiger partial charge is 0.383 e. The number of carbonyl (C=O) groups excluding carboxylic acids is 1. The number of anilines is 1. The van der Waals surface area contributed by atoms with Crippen molar-refractivity contribution in [3.63, 3.8) is 0 Å². The van der Waals surface area contributed by atoms with Crippen LogP contribution < -0.4 is 5.73 Å². The van der Waals surface area contributed by atoms with Crippen LogP contribution in [0.3, 0.4) is 0 Å². The number of carbonyl (C=O) groups is 1. The van der Waals surface area contributed by atoms with Gasteiger partial charge in [-0.15, -0.1) is 0 Å². The van der Waals surface area contributed by atoms with Crippen LogP contribution >= 0.6 is 0 Å². The SMILES string of the molecule is Cc1ccc(-c2ccnc(N)c2C=O)c(F)c1. The van der Waals surface area contributed by atoms with E-state index in [1.807, 2.05) is 0 Å². The zero-order chi connectivity index (χ0) is 12.4. The molecule has 0 radical (unpaired) electrons.